The largest absolute Gasteiger partial charge is 0.137 e. The van der Waals surface area contributed by atoms with Gasteiger partial charge in [-0.3, -0.25) is 0 Å². The molecule has 3 heteroatoms. The fourth-order valence-electron chi connectivity index (χ4n) is 0.811. The van der Waals surface area contributed by atoms with Gasteiger partial charge in [-0.05, 0) is 18.1 Å². The van der Waals surface area contributed by atoms with E-state index >= 15 is 0 Å². The minimum Gasteiger partial charge on any atom is -0.137 e. The predicted molar refractivity (Wildman–Crippen MR) is 72.7 cm³/mol. The van der Waals surface area contributed by atoms with E-state index in [4.69, 9.17) is 0 Å². The summed E-state index contributed by atoms with van der Waals surface area (Å²) in [5.74, 6) is 0. The summed E-state index contributed by atoms with van der Waals surface area (Å²) in [6.07, 6.45) is 2.33. The third kappa shape index (κ3) is 13.1. The van der Waals surface area contributed by atoms with Gasteiger partial charge in [-0.1, -0.05) is 56.4 Å². The van der Waals surface area contributed by atoms with E-state index < -0.39 is 0 Å². The van der Waals surface area contributed by atoms with Crippen LogP contribution in [0.5, 0.6) is 0 Å². The summed E-state index contributed by atoms with van der Waals surface area (Å²) >= 11 is 0. The van der Waals surface area contributed by atoms with Crippen LogP contribution in [0, 0.1) is 38.2 Å². The molecule has 0 aliphatic rings. The Morgan fingerprint density at radius 1 is 1.13 bits per heavy atom. The molecule has 1 aromatic carbocycles. The summed E-state index contributed by atoms with van der Waals surface area (Å²) < 4.78 is 0. The van der Waals surface area contributed by atoms with Gasteiger partial charge in [-0.15, -0.1) is 9.24 Å². The van der Waals surface area contributed by atoms with Crippen molar-refractivity contribution >= 4 is 18.0 Å². The van der Waals surface area contributed by atoms with Gasteiger partial charge < -0.3 is 0 Å². The van der Waals surface area contributed by atoms with Crippen LogP contribution in [-0.2, 0) is 6.42 Å². The third-order valence-corrected chi connectivity index (χ3v) is 3.69. The SMILES string of the molecule is CC[Si](C)C.PCCc1ccccc1.[Dy]. The Balaban J connectivity index is 0. The summed E-state index contributed by atoms with van der Waals surface area (Å²) in [6, 6.07) is 11.9. The van der Waals surface area contributed by atoms with Gasteiger partial charge in [0.15, 0.2) is 0 Å². The van der Waals surface area contributed by atoms with Crippen molar-refractivity contribution in [1.82, 2.24) is 0 Å². The monoisotopic (exact) mass is 389 g/mol. The Hall–Kier alpha value is 1.14. The van der Waals surface area contributed by atoms with Crippen molar-refractivity contribution in [2.75, 3.05) is 6.16 Å². The first-order valence-corrected chi connectivity index (χ1v) is 8.76. The minimum atomic E-state index is 0. The minimum absolute atomic E-state index is 0. The quantitative estimate of drug-likeness (QED) is 0.545. The van der Waals surface area contributed by atoms with Gasteiger partial charge in [0, 0.05) is 47.0 Å². The second-order valence-electron chi connectivity index (χ2n) is 3.58. The van der Waals surface area contributed by atoms with Crippen molar-refractivity contribution in [2.24, 2.45) is 0 Å². The van der Waals surface area contributed by atoms with Crippen molar-refractivity contribution in [3.63, 3.8) is 0 Å². The van der Waals surface area contributed by atoms with E-state index in [1.54, 1.807) is 0 Å². The topological polar surface area (TPSA) is 0 Å². The maximum absolute atomic E-state index is 2.73. The number of hydrogen-bond donors (Lipinski definition) is 0. The van der Waals surface area contributed by atoms with Gasteiger partial charge in [0.1, 0.15) is 0 Å². The van der Waals surface area contributed by atoms with Crippen molar-refractivity contribution < 1.29 is 38.2 Å². The van der Waals surface area contributed by atoms with Crippen LogP contribution >= 0.6 is 9.24 Å². The van der Waals surface area contributed by atoms with Crippen molar-refractivity contribution in [1.29, 1.82) is 0 Å². The first-order chi connectivity index (χ1) is 6.70. The molecule has 0 aliphatic carbocycles. The molecular formula is C12H22DyPSi. The molecule has 0 aliphatic heterocycles. The fourth-order valence-corrected chi connectivity index (χ4v) is 1.14. The molecule has 15 heavy (non-hydrogen) atoms. The van der Waals surface area contributed by atoms with Crippen molar-refractivity contribution in [3.8, 4) is 0 Å². The summed E-state index contributed by atoms with van der Waals surface area (Å²) in [5, 5.41) is 0. The maximum Gasteiger partial charge on any atom is 0.0410 e. The molecular weight excluding hydrogens is 366 g/mol. The normalized spacial score (nSPS) is 8.87. The number of aryl methyl sites for hydroxylation is 1. The predicted octanol–water partition coefficient (Wildman–Crippen LogP) is 3.86. The molecule has 1 radical (unpaired) electrons. The van der Waals surface area contributed by atoms with Crippen LogP contribution in [0.15, 0.2) is 30.3 Å². The molecule has 0 aromatic heterocycles. The van der Waals surface area contributed by atoms with Gasteiger partial charge in [0.05, 0.1) is 0 Å². The van der Waals surface area contributed by atoms with Gasteiger partial charge in [-0.2, -0.15) is 0 Å². The third-order valence-electron chi connectivity index (χ3n) is 1.98. The molecule has 0 bridgehead atoms. The molecule has 0 amide bonds. The van der Waals surface area contributed by atoms with Crippen LogP contribution in [0.25, 0.3) is 0 Å². The second kappa shape index (κ2) is 13.2. The average Bonchev–Trinajstić information content (AvgIpc) is 2.21. The van der Waals surface area contributed by atoms with Gasteiger partial charge >= 0.3 is 0 Å². The molecule has 89 valence electrons. The van der Waals surface area contributed by atoms with Crippen molar-refractivity contribution in [3.05, 3.63) is 35.9 Å². The molecule has 0 heterocycles. The van der Waals surface area contributed by atoms with Crippen LogP contribution in [0.4, 0.5) is 0 Å². The summed E-state index contributed by atoms with van der Waals surface area (Å²) in [7, 11) is 2.85. The molecule has 1 rings (SSSR count). The molecule has 0 fully saturated rings. The second-order valence-corrected chi connectivity index (χ2v) is 7.28. The first-order valence-electron chi connectivity index (χ1n) is 5.23. The van der Waals surface area contributed by atoms with Crippen molar-refractivity contribution in [2.45, 2.75) is 32.5 Å². The Kier molecular flexibility index (Phi) is 16.3. The van der Waals surface area contributed by atoms with E-state index in [0.29, 0.717) is 0 Å². The Morgan fingerprint density at radius 2 is 1.60 bits per heavy atom. The van der Waals surface area contributed by atoms with Crippen LogP contribution < -0.4 is 0 Å². The average molecular weight is 388 g/mol. The van der Waals surface area contributed by atoms with Gasteiger partial charge in [-0.25, -0.2) is 0 Å². The zero-order valence-corrected chi connectivity index (χ0v) is 14.1. The molecule has 0 saturated carbocycles. The fraction of sp³-hybridized carbons (Fsp3) is 0.500. The van der Waals surface area contributed by atoms with Crippen LogP contribution in [0.3, 0.4) is 0 Å². The first kappa shape index (κ1) is 18.5. The van der Waals surface area contributed by atoms with E-state index in [1.165, 1.54) is 18.0 Å². The molecule has 0 N–H and O–H groups in total. The number of rotatable bonds is 3. The zero-order valence-electron chi connectivity index (χ0n) is 9.90. The summed E-state index contributed by atoms with van der Waals surface area (Å²) in [5.41, 5.74) is 1.42. The van der Waals surface area contributed by atoms with E-state index in [9.17, 15) is 0 Å². The Bertz CT molecular complexity index is 214. The zero-order chi connectivity index (χ0) is 10.8. The van der Waals surface area contributed by atoms with E-state index in [0.717, 1.165) is 6.16 Å². The molecule has 0 saturated heterocycles. The molecule has 1 atom stereocenters. The Morgan fingerprint density at radius 3 is 1.93 bits per heavy atom. The molecule has 1 unspecified atom stereocenters. The van der Waals surface area contributed by atoms with E-state index in [1.807, 2.05) is 6.07 Å². The van der Waals surface area contributed by atoms with Gasteiger partial charge in [0.25, 0.3) is 0 Å². The summed E-state index contributed by atoms with van der Waals surface area (Å²) in [6.45, 7) is 6.89. The number of hydrogen-bond acceptors (Lipinski definition) is 0. The maximum atomic E-state index is 2.73. The number of benzene rings is 1. The smallest absolute Gasteiger partial charge is 0.0410 e. The standard InChI is InChI=1S/C8H11P.C4H11Si.Dy/c9-7-6-8-4-2-1-3-5-8;1-4-5(2)3;/h1-5H,6-7,9H2;4H2,1-3H3;. The molecule has 0 spiro atoms. The van der Waals surface area contributed by atoms with Crippen LogP contribution in [-0.4, -0.2) is 15.0 Å². The van der Waals surface area contributed by atoms with E-state index in [2.05, 4.69) is 53.5 Å². The molecule has 1 aromatic rings. The molecule has 0 nitrogen and oxygen atoms in total. The van der Waals surface area contributed by atoms with Crippen LogP contribution in [0.2, 0.25) is 19.1 Å². The Labute approximate surface area is 129 Å². The summed E-state index contributed by atoms with van der Waals surface area (Å²) in [4.78, 5) is 0. The van der Waals surface area contributed by atoms with E-state index in [-0.39, 0.29) is 47.0 Å². The van der Waals surface area contributed by atoms with Gasteiger partial charge in [0.2, 0.25) is 0 Å². The van der Waals surface area contributed by atoms with Crippen LogP contribution in [0.1, 0.15) is 12.5 Å².